The van der Waals surface area contributed by atoms with Gasteiger partial charge in [0.25, 0.3) is 0 Å². The first-order valence-corrected chi connectivity index (χ1v) is 21.6. The van der Waals surface area contributed by atoms with E-state index in [-0.39, 0.29) is 36.2 Å². The maximum atomic E-state index is 12.7. The Morgan fingerprint density at radius 2 is 1.06 bits per heavy atom. The molecule has 53 heavy (non-hydrogen) atoms. The molecule has 2 atom stereocenters. The summed E-state index contributed by atoms with van der Waals surface area (Å²) in [6.07, 6.45) is 40.3. The fourth-order valence-electron chi connectivity index (χ4n) is 6.27. The quantitative estimate of drug-likeness (QED) is 0.0290. The number of unbranched alkanes of at least 4 members (excludes halogenated alkanes) is 20. The van der Waals surface area contributed by atoms with E-state index < -0.39 is 18.1 Å². The lowest BCUT2D eigenvalue weighted by Gasteiger charge is -2.31. The molecule has 0 spiro atoms. The molecule has 0 bridgehead atoms. The molecule has 0 heterocycles. The number of nitrogens with zero attached hydrogens (tertiary/aromatic N) is 1. The molecule has 0 aromatic rings. The monoisotopic (exact) mass is 749 g/mol. The van der Waals surface area contributed by atoms with Gasteiger partial charge in [-0.15, -0.1) is 0 Å². The second kappa shape index (κ2) is 36.5. The van der Waals surface area contributed by atoms with Gasteiger partial charge in [0.2, 0.25) is 0 Å². The molecule has 0 aromatic carbocycles. The Kier molecular flexibility index (Phi) is 34.8. The molecular formula is C45H82NO7+. The molecule has 0 radical (unpaired) electrons. The summed E-state index contributed by atoms with van der Waals surface area (Å²) >= 11 is 0. The molecule has 1 N–H and O–H groups in total. The van der Waals surface area contributed by atoms with E-state index in [1.165, 1.54) is 96.3 Å². The number of ether oxygens (including phenoxy) is 3. The SMILES string of the molecule is CC/C=C/C=C/C=C/CCCCCCCCCC(=O)OCC(COCCC(C(=O)O)[N+](C)(C)C)OC(=O)CCCCCCCCCCCCCCCC. The molecule has 0 amide bonds. The number of quaternary nitrogens is 1. The Morgan fingerprint density at radius 3 is 1.55 bits per heavy atom. The number of rotatable bonds is 38. The summed E-state index contributed by atoms with van der Waals surface area (Å²) in [7, 11) is 5.52. The molecule has 0 aliphatic carbocycles. The minimum absolute atomic E-state index is 0.0549. The van der Waals surface area contributed by atoms with E-state index in [2.05, 4.69) is 50.3 Å². The lowest BCUT2D eigenvalue weighted by molar-refractivity contribution is -0.887. The summed E-state index contributed by atoms with van der Waals surface area (Å²) in [6.45, 7) is 4.60. The van der Waals surface area contributed by atoms with E-state index in [0.29, 0.717) is 19.3 Å². The number of esters is 2. The fourth-order valence-corrected chi connectivity index (χ4v) is 6.27. The zero-order chi connectivity index (χ0) is 39.3. The molecule has 2 unspecified atom stereocenters. The molecule has 0 rings (SSSR count). The number of hydrogen-bond acceptors (Lipinski definition) is 6. The second-order valence-corrected chi connectivity index (χ2v) is 15.6. The summed E-state index contributed by atoms with van der Waals surface area (Å²) in [5.41, 5.74) is 0. The first-order valence-electron chi connectivity index (χ1n) is 21.6. The lowest BCUT2D eigenvalue weighted by Crippen LogP contribution is -2.50. The zero-order valence-corrected chi connectivity index (χ0v) is 35.0. The summed E-state index contributed by atoms with van der Waals surface area (Å²) in [5, 5.41) is 9.61. The number of allylic oxidation sites excluding steroid dienone is 6. The van der Waals surface area contributed by atoms with Crippen molar-refractivity contribution in [3.8, 4) is 0 Å². The van der Waals surface area contributed by atoms with Crippen molar-refractivity contribution in [3.05, 3.63) is 36.5 Å². The van der Waals surface area contributed by atoms with Crippen LogP contribution in [0.15, 0.2) is 36.5 Å². The van der Waals surface area contributed by atoms with Gasteiger partial charge >= 0.3 is 17.9 Å². The molecule has 8 nitrogen and oxygen atoms in total. The van der Waals surface area contributed by atoms with Crippen molar-refractivity contribution in [2.45, 2.75) is 193 Å². The molecule has 8 heteroatoms. The Balaban J connectivity index is 4.36. The highest BCUT2D eigenvalue weighted by atomic mass is 16.6. The van der Waals surface area contributed by atoms with Gasteiger partial charge in [0.05, 0.1) is 34.4 Å². The minimum atomic E-state index is -0.876. The van der Waals surface area contributed by atoms with Gasteiger partial charge in [-0.1, -0.05) is 166 Å². The highest BCUT2D eigenvalue weighted by Gasteiger charge is 2.31. The van der Waals surface area contributed by atoms with Gasteiger partial charge in [0, 0.05) is 19.3 Å². The average molecular weight is 749 g/mol. The number of hydrogen-bond donors (Lipinski definition) is 1. The first-order chi connectivity index (χ1) is 25.6. The summed E-state index contributed by atoms with van der Waals surface area (Å²) in [5.74, 6) is -1.48. The van der Waals surface area contributed by atoms with Crippen LogP contribution in [0.3, 0.4) is 0 Å². The first kappa shape index (κ1) is 50.5. The van der Waals surface area contributed by atoms with Crippen molar-refractivity contribution in [3.63, 3.8) is 0 Å². The second-order valence-electron chi connectivity index (χ2n) is 15.6. The summed E-state index contributed by atoms with van der Waals surface area (Å²) in [4.78, 5) is 36.9. The van der Waals surface area contributed by atoms with E-state index in [9.17, 15) is 19.5 Å². The van der Waals surface area contributed by atoms with Gasteiger partial charge in [-0.2, -0.15) is 0 Å². The number of carbonyl (C=O) groups excluding carboxylic acids is 2. The number of carbonyl (C=O) groups is 3. The molecule has 308 valence electrons. The van der Waals surface area contributed by atoms with Crippen molar-refractivity contribution < 1.29 is 38.2 Å². The third-order valence-corrected chi connectivity index (χ3v) is 9.62. The van der Waals surface area contributed by atoms with Crippen LogP contribution < -0.4 is 0 Å². The molecule has 0 saturated carbocycles. The number of carboxylic acid groups (broad SMARTS) is 1. The Morgan fingerprint density at radius 1 is 0.585 bits per heavy atom. The van der Waals surface area contributed by atoms with E-state index in [4.69, 9.17) is 14.2 Å². The van der Waals surface area contributed by atoms with Crippen molar-refractivity contribution in [2.75, 3.05) is 41.0 Å². The maximum absolute atomic E-state index is 12.7. The van der Waals surface area contributed by atoms with Crippen LogP contribution in [0.5, 0.6) is 0 Å². The van der Waals surface area contributed by atoms with Crippen molar-refractivity contribution >= 4 is 17.9 Å². The van der Waals surface area contributed by atoms with Crippen LogP contribution in [-0.2, 0) is 28.6 Å². The average Bonchev–Trinajstić information content (AvgIpc) is 3.11. The molecule has 0 aromatic heterocycles. The fraction of sp³-hybridized carbons (Fsp3) is 0.800. The van der Waals surface area contributed by atoms with E-state index in [1.54, 1.807) is 0 Å². The number of carboxylic acids is 1. The molecule has 0 aliphatic heterocycles. The van der Waals surface area contributed by atoms with Crippen LogP contribution in [-0.4, -0.2) is 80.6 Å². The Bertz CT molecular complexity index is 968. The normalized spacial score (nSPS) is 13.3. The van der Waals surface area contributed by atoms with Gasteiger partial charge in [-0.25, -0.2) is 4.79 Å². The van der Waals surface area contributed by atoms with Crippen LogP contribution in [0.25, 0.3) is 0 Å². The van der Waals surface area contributed by atoms with E-state index >= 15 is 0 Å². The highest BCUT2D eigenvalue weighted by molar-refractivity contribution is 5.72. The van der Waals surface area contributed by atoms with Gasteiger partial charge in [-0.3, -0.25) is 9.59 Å². The predicted molar refractivity (Wildman–Crippen MR) is 220 cm³/mol. The third kappa shape index (κ3) is 35.0. The molecule has 0 fully saturated rings. The lowest BCUT2D eigenvalue weighted by atomic mass is 10.0. The van der Waals surface area contributed by atoms with E-state index in [0.717, 1.165) is 51.4 Å². The minimum Gasteiger partial charge on any atom is -0.477 e. The van der Waals surface area contributed by atoms with Crippen molar-refractivity contribution in [2.24, 2.45) is 0 Å². The molecule has 0 saturated heterocycles. The van der Waals surface area contributed by atoms with Gasteiger partial charge in [0.15, 0.2) is 12.1 Å². The van der Waals surface area contributed by atoms with Crippen LogP contribution in [0.4, 0.5) is 0 Å². The molecular weight excluding hydrogens is 666 g/mol. The van der Waals surface area contributed by atoms with Crippen molar-refractivity contribution in [1.82, 2.24) is 0 Å². The van der Waals surface area contributed by atoms with Crippen LogP contribution in [0.1, 0.15) is 181 Å². The topological polar surface area (TPSA) is 99.1 Å². The number of aliphatic carboxylic acids is 1. The van der Waals surface area contributed by atoms with Crippen LogP contribution in [0.2, 0.25) is 0 Å². The van der Waals surface area contributed by atoms with Crippen LogP contribution in [0, 0.1) is 0 Å². The summed E-state index contributed by atoms with van der Waals surface area (Å²) < 4.78 is 17.3. The van der Waals surface area contributed by atoms with Crippen LogP contribution >= 0.6 is 0 Å². The smallest absolute Gasteiger partial charge is 0.362 e. The third-order valence-electron chi connectivity index (χ3n) is 9.62. The summed E-state index contributed by atoms with van der Waals surface area (Å²) in [6, 6.07) is -0.614. The zero-order valence-electron chi connectivity index (χ0n) is 35.0. The number of likely N-dealkylation sites (N-methyl/N-ethyl adjacent to an activating group) is 1. The molecule has 0 aliphatic rings. The highest BCUT2D eigenvalue weighted by Crippen LogP contribution is 2.15. The standard InChI is InChI=1S/C45H81NO7/c1-6-8-10-12-14-16-18-20-22-24-25-27-29-31-33-35-43(47)52-40-41(39-51-38-37-42(45(49)50)46(3,4)5)53-44(48)36-34-32-30-28-26-23-21-19-17-15-13-11-9-7-2/h8,10,12,14,16,18,41-42H,6-7,9,11,13,15,17,19-40H2,1-5H3/p+1/b10-8+,14-12+,18-16+. The largest absolute Gasteiger partial charge is 0.477 e. The van der Waals surface area contributed by atoms with Gasteiger partial charge in [-0.05, 0) is 32.1 Å². The van der Waals surface area contributed by atoms with Crippen molar-refractivity contribution in [1.29, 1.82) is 0 Å². The van der Waals surface area contributed by atoms with Gasteiger partial charge < -0.3 is 23.8 Å². The van der Waals surface area contributed by atoms with E-state index in [1.807, 2.05) is 21.1 Å². The maximum Gasteiger partial charge on any atom is 0.362 e. The van der Waals surface area contributed by atoms with Gasteiger partial charge in [0.1, 0.15) is 6.61 Å². The Hall–Kier alpha value is -2.45. The Labute approximate surface area is 325 Å². The predicted octanol–water partition coefficient (Wildman–Crippen LogP) is 11.5.